The molecule has 0 radical (unpaired) electrons. The van der Waals surface area contributed by atoms with Gasteiger partial charge in [0.2, 0.25) is 5.91 Å². The number of hydrogen-bond donors (Lipinski definition) is 1. The molecule has 0 aromatic heterocycles. The number of esters is 1. The van der Waals surface area contributed by atoms with Crippen molar-refractivity contribution in [1.29, 1.82) is 0 Å². The van der Waals surface area contributed by atoms with Crippen LogP contribution in [0, 0.1) is 11.6 Å². The van der Waals surface area contributed by atoms with E-state index in [0.29, 0.717) is 12.4 Å². The van der Waals surface area contributed by atoms with Crippen LogP contribution in [0.1, 0.15) is 16.7 Å². The van der Waals surface area contributed by atoms with Crippen molar-refractivity contribution in [2.45, 2.75) is 25.5 Å². The quantitative estimate of drug-likeness (QED) is 0.512. The van der Waals surface area contributed by atoms with Crippen LogP contribution in [-0.4, -0.2) is 25.0 Å². The zero-order chi connectivity index (χ0) is 22.9. The van der Waals surface area contributed by atoms with Crippen LogP contribution < -0.4 is 10.1 Å². The molecule has 5 nitrogen and oxygen atoms in total. The van der Waals surface area contributed by atoms with Crippen LogP contribution in [0.5, 0.6) is 5.75 Å². The van der Waals surface area contributed by atoms with Gasteiger partial charge >= 0.3 is 5.97 Å². The number of benzene rings is 3. The van der Waals surface area contributed by atoms with Gasteiger partial charge in [-0.1, -0.05) is 48.5 Å². The molecule has 3 aromatic rings. The van der Waals surface area contributed by atoms with E-state index in [9.17, 15) is 18.4 Å². The largest absolute Gasteiger partial charge is 0.489 e. The van der Waals surface area contributed by atoms with Crippen LogP contribution in [0.3, 0.4) is 0 Å². The molecule has 0 aliphatic carbocycles. The summed E-state index contributed by atoms with van der Waals surface area (Å²) in [7, 11) is 1.21. The number of ether oxygens (including phenoxy) is 2. The highest BCUT2D eigenvalue weighted by atomic mass is 19.1. The Hall–Kier alpha value is -3.74. The normalized spacial score (nSPS) is 11.5. The molecule has 1 amide bonds. The van der Waals surface area contributed by atoms with Crippen molar-refractivity contribution in [3.8, 4) is 5.75 Å². The number of rotatable bonds is 9. The minimum atomic E-state index is -1.02. The van der Waals surface area contributed by atoms with Gasteiger partial charge in [0.05, 0.1) is 13.5 Å². The first-order chi connectivity index (χ1) is 15.5. The summed E-state index contributed by atoms with van der Waals surface area (Å²) in [4.78, 5) is 24.6. The molecule has 0 fully saturated rings. The molecule has 3 aromatic carbocycles. The maximum Gasteiger partial charge on any atom is 0.328 e. The van der Waals surface area contributed by atoms with Crippen molar-refractivity contribution in [3.05, 3.63) is 101 Å². The SMILES string of the molecule is COC(=O)[C@H](Cc1cccc(OCc2ccccc2)c1)NC(=O)Cc1c(F)cccc1F. The van der Waals surface area contributed by atoms with E-state index >= 15 is 0 Å². The molecule has 0 spiro atoms. The Labute approximate surface area is 185 Å². The molecule has 0 bridgehead atoms. The maximum atomic E-state index is 13.8. The van der Waals surface area contributed by atoms with Crippen LogP contribution in [0.4, 0.5) is 8.78 Å². The third kappa shape index (κ3) is 6.38. The van der Waals surface area contributed by atoms with E-state index in [1.807, 2.05) is 30.3 Å². The summed E-state index contributed by atoms with van der Waals surface area (Å²) in [5.74, 6) is -2.39. The summed E-state index contributed by atoms with van der Waals surface area (Å²) < 4.78 is 38.3. The lowest BCUT2D eigenvalue weighted by molar-refractivity contribution is -0.145. The summed E-state index contributed by atoms with van der Waals surface area (Å²) >= 11 is 0. The molecule has 0 aliphatic heterocycles. The number of halogens is 2. The molecule has 1 atom stereocenters. The van der Waals surface area contributed by atoms with E-state index in [4.69, 9.17) is 9.47 Å². The zero-order valence-electron chi connectivity index (χ0n) is 17.5. The summed E-state index contributed by atoms with van der Waals surface area (Å²) in [5.41, 5.74) is 1.38. The minimum absolute atomic E-state index is 0.126. The first-order valence-electron chi connectivity index (χ1n) is 10.0. The first kappa shape index (κ1) is 22.9. The molecule has 0 saturated carbocycles. The predicted octanol–water partition coefficient (Wildman–Crippen LogP) is 3.99. The Morgan fingerprint density at radius 1 is 0.906 bits per heavy atom. The van der Waals surface area contributed by atoms with Crippen LogP contribution >= 0.6 is 0 Å². The standard InChI is InChI=1S/C25H23F2NO4/c1-31-25(30)23(28-24(29)15-20-21(26)11-6-12-22(20)27)14-18-9-5-10-19(13-18)32-16-17-7-3-2-4-8-17/h2-13,23H,14-16H2,1H3,(H,28,29)/t23-/m0/s1. The highest BCUT2D eigenvalue weighted by Crippen LogP contribution is 2.17. The number of carbonyl (C=O) groups is 2. The Kier molecular flexibility index (Phi) is 7.91. The molecular formula is C25H23F2NO4. The van der Waals surface area contributed by atoms with Crippen LogP contribution in [0.25, 0.3) is 0 Å². The van der Waals surface area contributed by atoms with Gasteiger partial charge in [-0.2, -0.15) is 0 Å². The van der Waals surface area contributed by atoms with Gasteiger partial charge in [0.1, 0.15) is 30.0 Å². The lowest BCUT2D eigenvalue weighted by Crippen LogP contribution is -2.43. The van der Waals surface area contributed by atoms with E-state index < -0.39 is 36.0 Å². The third-order valence-corrected chi connectivity index (χ3v) is 4.81. The molecule has 1 N–H and O–H groups in total. The maximum absolute atomic E-state index is 13.8. The Balaban J connectivity index is 1.66. The van der Waals surface area contributed by atoms with E-state index in [1.54, 1.807) is 24.3 Å². The Bertz CT molecular complexity index is 1050. The number of nitrogens with one attached hydrogen (secondary N) is 1. The zero-order valence-corrected chi connectivity index (χ0v) is 17.5. The number of carbonyl (C=O) groups excluding carboxylic acids is 2. The summed E-state index contributed by atoms with van der Waals surface area (Å²) in [6.45, 7) is 0.385. The van der Waals surface area contributed by atoms with Crippen LogP contribution in [0.2, 0.25) is 0 Å². The van der Waals surface area contributed by atoms with Crippen molar-refractivity contribution >= 4 is 11.9 Å². The fraction of sp³-hybridized carbons (Fsp3) is 0.200. The fourth-order valence-corrected chi connectivity index (χ4v) is 3.18. The van der Waals surface area contributed by atoms with Gasteiger partial charge in [-0.15, -0.1) is 0 Å². The van der Waals surface area contributed by atoms with E-state index in [2.05, 4.69) is 5.32 Å². The van der Waals surface area contributed by atoms with Crippen molar-refractivity contribution in [3.63, 3.8) is 0 Å². The minimum Gasteiger partial charge on any atom is -0.489 e. The van der Waals surface area contributed by atoms with Gasteiger partial charge in [-0.05, 0) is 35.4 Å². The van der Waals surface area contributed by atoms with E-state index in [-0.39, 0.29) is 12.0 Å². The first-order valence-corrected chi connectivity index (χ1v) is 10.0. The second kappa shape index (κ2) is 11.0. The average molecular weight is 439 g/mol. The molecular weight excluding hydrogens is 416 g/mol. The van der Waals surface area contributed by atoms with E-state index in [1.165, 1.54) is 13.2 Å². The fourth-order valence-electron chi connectivity index (χ4n) is 3.18. The number of amides is 1. The summed E-state index contributed by atoms with van der Waals surface area (Å²) in [6.07, 6.45) is -0.410. The molecule has 0 heterocycles. The average Bonchev–Trinajstić information content (AvgIpc) is 2.80. The molecule has 3 rings (SSSR count). The van der Waals surface area contributed by atoms with Gasteiger partial charge in [-0.25, -0.2) is 13.6 Å². The van der Waals surface area contributed by atoms with Gasteiger partial charge in [0.15, 0.2) is 0 Å². The van der Waals surface area contributed by atoms with Crippen molar-refractivity contribution in [2.24, 2.45) is 0 Å². The number of methoxy groups -OCH3 is 1. The van der Waals surface area contributed by atoms with Gasteiger partial charge in [0.25, 0.3) is 0 Å². The second-order valence-corrected chi connectivity index (χ2v) is 7.15. The highest BCUT2D eigenvalue weighted by molar-refractivity contribution is 5.85. The van der Waals surface area contributed by atoms with Gasteiger partial charge < -0.3 is 14.8 Å². The monoisotopic (exact) mass is 439 g/mol. The highest BCUT2D eigenvalue weighted by Gasteiger charge is 2.23. The Morgan fingerprint density at radius 3 is 2.25 bits per heavy atom. The molecule has 32 heavy (non-hydrogen) atoms. The second-order valence-electron chi connectivity index (χ2n) is 7.15. The molecule has 0 aliphatic rings. The lowest BCUT2D eigenvalue weighted by Gasteiger charge is -2.17. The van der Waals surface area contributed by atoms with Crippen molar-refractivity contribution in [2.75, 3.05) is 7.11 Å². The van der Waals surface area contributed by atoms with Gasteiger partial charge in [0, 0.05) is 12.0 Å². The van der Waals surface area contributed by atoms with Crippen LogP contribution in [-0.2, 0) is 33.8 Å². The molecule has 0 saturated heterocycles. The third-order valence-electron chi connectivity index (χ3n) is 4.81. The molecule has 166 valence electrons. The van der Waals surface area contributed by atoms with Crippen molar-refractivity contribution in [1.82, 2.24) is 5.32 Å². The Morgan fingerprint density at radius 2 is 1.56 bits per heavy atom. The lowest BCUT2D eigenvalue weighted by atomic mass is 10.0. The van der Waals surface area contributed by atoms with Crippen LogP contribution in [0.15, 0.2) is 72.8 Å². The summed E-state index contributed by atoms with van der Waals surface area (Å²) in [5, 5.41) is 2.51. The molecule has 7 heteroatoms. The number of hydrogen-bond acceptors (Lipinski definition) is 4. The molecule has 0 unspecified atom stereocenters. The van der Waals surface area contributed by atoms with E-state index in [0.717, 1.165) is 23.3 Å². The smallest absolute Gasteiger partial charge is 0.328 e. The van der Waals surface area contributed by atoms with Gasteiger partial charge in [-0.3, -0.25) is 4.79 Å². The van der Waals surface area contributed by atoms with Crippen molar-refractivity contribution < 1.29 is 27.8 Å². The topological polar surface area (TPSA) is 64.6 Å². The summed E-state index contributed by atoms with van der Waals surface area (Å²) in [6, 6.07) is 19.1. The predicted molar refractivity (Wildman–Crippen MR) is 115 cm³/mol.